The molecule has 19 unspecified atom stereocenters. The van der Waals surface area contributed by atoms with E-state index in [1.54, 1.807) is 0 Å². The molecule has 0 aromatic carbocycles. The molecule has 24 nitrogen and oxygen atoms in total. The first-order valence-electron chi connectivity index (χ1n) is 37.9. The van der Waals surface area contributed by atoms with Crippen molar-refractivity contribution in [3.05, 3.63) is 12.2 Å². The number of phosphoric acid groups is 1. The Morgan fingerprint density at radius 2 is 0.784 bits per heavy atom. The van der Waals surface area contributed by atoms with Gasteiger partial charge in [-0.05, 0) is 50.9 Å². The van der Waals surface area contributed by atoms with Crippen molar-refractivity contribution in [1.29, 1.82) is 0 Å². The summed E-state index contributed by atoms with van der Waals surface area (Å²) in [7, 11) is -5.70. The number of allylic oxidation sites excluding steroid dienone is 2. The van der Waals surface area contributed by atoms with Gasteiger partial charge in [0.15, 0.2) is 18.7 Å². The molecule has 0 radical (unpaired) electrons. The third-order valence-corrected chi connectivity index (χ3v) is 19.9. The molecule has 2 saturated heterocycles. The van der Waals surface area contributed by atoms with E-state index in [2.05, 4.69) is 39.8 Å². The van der Waals surface area contributed by atoms with Crippen LogP contribution >= 0.6 is 7.82 Å². The molecule has 11 N–H and O–H groups in total. The van der Waals surface area contributed by atoms with Crippen LogP contribution in [0.1, 0.15) is 291 Å². The molecular weight excluding hydrogens is 1280 g/mol. The average molecular weight is 1410 g/mol. The molecule has 3 fully saturated rings. The number of carbonyl (C=O) groups is 3. The quantitative estimate of drug-likeness (QED) is 0.00886. The van der Waals surface area contributed by atoms with Crippen LogP contribution in [-0.2, 0) is 61.2 Å². The van der Waals surface area contributed by atoms with Gasteiger partial charge in [-0.15, -0.1) is 0 Å². The molecular formula is C72H133O24P. The van der Waals surface area contributed by atoms with Gasteiger partial charge in [-0.3, -0.25) is 23.4 Å². The lowest BCUT2D eigenvalue weighted by Crippen LogP contribution is -2.69. The highest BCUT2D eigenvalue weighted by molar-refractivity contribution is 7.47. The zero-order valence-electron chi connectivity index (χ0n) is 59.5. The van der Waals surface area contributed by atoms with E-state index in [4.69, 9.17) is 42.2 Å². The number of carbonyl (C=O) groups excluding carboxylic acids is 3. The van der Waals surface area contributed by atoms with Crippen LogP contribution < -0.4 is 0 Å². The number of aliphatic hydroxyl groups excluding tert-OH is 10. The largest absolute Gasteiger partial charge is 0.472 e. The molecule has 19 atom stereocenters. The van der Waals surface area contributed by atoms with E-state index in [1.165, 1.54) is 128 Å². The van der Waals surface area contributed by atoms with Crippen molar-refractivity contribution in [3.63, 3.8) is 0 Å². The van der Waals surface area contributed by atoms with E-state index in [-0.39, 0.29) is 19.3 Å². The van der Waals surface area contributed by atoms with Gasteiger partial charge in [-0.1, -0.05) is 239 Å². The predicted molar refractivity (Wildman–Crippen MR) is 365 cm³/mol. The van der Waals surface area contributed by atoms with Crippen LogP contribution in [0.15, 0.2) is 12.2 Å². The Balaban J connectivity index is 1.75. The van der Waals surface area contributed by atoms with Crippen LogP contribution in [0.5, 0.6) is 0 Å². The molecule has 1 aliphatic carbocycles. The minimum absolute atomic E-state index is 0.0309. The Hall–Kier alpha value is -2.30. The number of aliphatic hydroxyl groups is 10. The number of ether oxygens (including phenoxy) is 7. The van der Waals surface area contributed by atoms with Crippen LogP contribution in [0.25, 0.3) is 0 Å². The van der Waals surface area contributed by atoms with E-state index < -0.39 is 156 Å². The van der Waals surface area contributed by atoms with E-state index in [9.17, 15) is 74.9 Å². The number of hydrogen-bond acceptors (Lipinski definition) is 23. The second-order valence-electron chi connectivity index (χ2n) is 27.6. The molecule has 0 aromatic rings. The minimum Gasteiger partial charge on any atom is -0.463 e. The molecule has 1 saturated carbocycles. The molecule has 0 spiro atoms. The van der Waals surface area contributed by atoms with E-state index in [0.717, 1.165) is 89.9 Å². The fourth-order valence-corrected chi connectivity index (χ4v) is 13.6. The Kier molecular flexibility index (Phi) is 49.0. The van der Waals surface area contributed by atoms with Crippen LogP contribution in [-0.4, -0.2) is 204 Å². The third-order valence-electron chi connectivity index (χ3n) is 18.9. The highest BCUT2D eigenvalue weighted by Gasteiger charge is 2.58. The second kappa shape index (κ2) is 53.5. The van der Waals surface area contributed by atoms with Crippen LogP contribution in [0.4, 0.5) is 0 Å². The molecule has 2 heterocycles. The summed E-state index contributed by atoms with van der Waals surface area (Å²) in [5, 5.41) is 110. The Labute approximate surface area is 580 Å². The first kappa shape index (κ1) is 88.9. The molecule has 0 bridgehead atoms. The molecule has 2 aliphatic heterocycles. The lowest BCUT2D eigenvalue weighted by molar-refractivity contribution is -0.360. The Morgan fingerprint density at radius 3 is 1.23 bits per heavy atom. The number of hydrogen-bond donors (Lipinski definition) is 11. The highest BCUT2D eigenvalue weighted by Crippen LogP contribution is 2.49. The van der Waals surface area contributed by atoms with Crippen molar-refractivity contribution in [1.82, 2.24) is 0 Å². The first-order chi connectivity index (χ1) is 46.7. The topological polar surface area (TPSA) is 374 Å². The molecule has 570 valence electrons. The van der Waals surface area contributed by atoms with Gasteiger partial charge in [-0.2, -0.15) is 0 Å². The number of unbranched alkanes of at least 4 members (excludes halogenated alkanes) is 31. The molecule has 97 heavy (non-hydrogen) atoms. The van der Waals surface area contributed by atoms with Gasteiger partial charge < -0.3 is 89.1 Å². The summed E-state index contributed by atoms with van der Waals surface area (Å²) in [6.07, 6.45) is 10.1. The summed E-state index contributed by atoms with van der Waals surface area (Å²) in [5.74, 6) is -1.31. The SMILES string of the molecule is CCCCCCCCC/C=C\CCCCCC(=O)OC(COC(=O)CCCCCCCCC(C)CCCCCCCC)COP(=O)(O)OC1C(OC2OC(CO)C(O)C(O)C2O)C(O)C(O)C(O)C1OC1OC(COC(=O)CCCCCCCCCCCCCC)C(O)C(O)C1O. The lowest BCUT2D eigenvalue weighted by Gasteiger charge is -2.49. The first-order valence-corrected chi connectivity index (χ1v) is 39.4. The standard InChI is InChI=1S/C72H133O24P/c1-5-8-11-14-17-19-21-23-24-26-28-30-37-42-47-58(76)91-53(49-88-56(74)45-40-36-32-31-34-39-44-52(4)43-38-33-16-13-10-7-3)50-90-97(86,87)96-70-68(94-71-66(84)61(79)59(77)54(48-73)92-71)64(82)63(81)65(83)69(70)95-72-67(85)62(80)60(78)55(93-72)51-89-57(75)46-41-35-29-27-25-22-20-18-15-12-9-6-2/h24,26,52-55,59-73,77-85H,5-23,25,27-51H2,1-4H3,(H,86,87)/b26-24-. The van der Waals surface area contributed by atoms with Crippen LogP contribution in [0, 0.1) is 5.92 Å². The predicted octanol–water partition coefficient (Wildman–Crippen LogP) is 10.2. The van der Waals surface area contributed by atoms with Gasteiger partial charge in [0.25, 0.3) is 0 Å². The Morgan fingerprint density at radius 1 is 0.423 bits per heavy atom. The number of esters is 3. The summed E-state index contributed by atoms with van der Waals surface area (Å²) in [6.45, 7) is 5.75. The van der Waals surface area contributed by atoms with E-state index >= 15 is 0 Å². The maximum absolute atomic E-state index is 14.3. The normalized spacial score (nSPS) is 28.2. The maximum Gasteiger partial charge on any atom is 0.472 e. The van der Waals surface area contributed by atoms with Crippen molar-refractivity contribution in [2.45, 2.75) is 395 Å². The van der Waals surface area contributed by atoms with Crippen molar-refractivity contribution >= 4 is 25.7 Å². The third kappa shape index (κ3) is 37.1. The summed E-state index contributed by atoms with van der Waals surface area (Å²) in [6, 6.07) is 0. The smallest absolute Gasteiger partial charge is 0.463 e. The maximum atomic E-state index is 14.3. The highest BCUT2D eigenvalue weighted by atomic mass is 31.2. The minimum atomic E-state index is -5.70. The summed E-state index contributed by atoms with van der Waals surface area (Å²) >= 11 is 0. The lowest BCUT2D eigenvalue weighted by atomic mass is 9.84. The second-order valence-corrected chi connectivity index (χ2v) is 29.0. The van der Waals surface area contributed by atoms with Gasteiger partial charge >= 0.3 is 25.7 Å². The van der Waals surface area contributed by atoms with Crippen molar-refractivity contribution in [3.8, 4) is 0 Å². The van der Waals surface area contributed by atoms with Crippen molar-refractivity contribution < 1.29 is 117 Å². The number of rotatable bonds is 58. The van der Waals surface area contributed by atoms with Crippen molar-refractivity contribution in [2.75, 3.05) is 26.4 Å². The molecule has 0 aromatic heterocycles. The van der Waals surface area contributed by atoms with Crippen LogP contribution in [0.3, 0.4) is 0 Å². The number of phosphoric ester groups is 1. The van der Waals surface area contributed by atoms with E-state index in [0.29, 0.717) is 31.6 Å². The monoisotopic (exact) mass is 1410 g/mol. The summed E-state index contributed by atoms with van der Waals surface area (Å²) in [5.41, 5.74) is 0. The summed E-state index contributed by atoms with van der Waals surface area (Å²) < 4.78 is 65.0. The molecule has 3 aliphatic rings. The van der Waals surface area contributed by atoms with Gasteiger partial charge in [0.2, 0.25) is 0 Å². The van der Waals surface area contributed by atoms with Gasteiger partial charge in [-0.25, -0.2) is 4.57 Å². The average Bonchev–Trinajstić information content (AvgIpc) is 0.771. The van der Waals surface area contributed by atoms with Gasteiger partial charge in [0.1, 0.15) is 98.7 Å². The summed E-state index contributed by atoms with van der Waals surface area (Å²) in [4.78, 5) is 51.0. The molecule has 3 rings (SSSR count). The van der Waals surface area contributed by atoms with E-state index in [1.807, 2.05) is 0 Å². The van der Waals surface area contributed by atoms with Crippen molar-refractivity contribution in [2.24, 2.45) is 5.92 Å². The van der Waals surface area contributed by atoms with Gasteiger partial charge in [0.05, 0.1) is 13.2 Å². The fraction of sp³-hybridized carbons (Fsp3) is 0.931. The van der Waals surface area contributed by atoms with Crippen LogP contribution in [0.2, 0.25) is 0 Å². The Bertz CT molecular complexity index is 2080. The molecule has 0 amide bonds. The zero-order chi connectivity index (χ0) is 71.2. The zero-order valence-corrected chi connectivity index (χ0v) is 60.4. The fourth-order valence-electron chi connectivity index (χ4n) is 12.6. The molecule has 25 heteroatoms. The van der Waals surface area contributed by atoms with Gasteiger partial charge in [0, 0.05) is 19.3 Å².